The van der Waals surface area contributed by atoms with Crippen molar-refractivity contribution in [3.63, 3.8) is 0 Å². The summed E-state index contributed by atoms with van der Waals surface area (Å²) in [6, 6.07) is 13.2. The van der Waals surface area contributed by atoms with Crippen molar-refractivity contribution in [1.29, 1.82) is 0 Å². The number of rotatable bonds is 14. The maximum atomic E-state index is 14.5. The van der Waals surface area contributed by atoms with E-state index in [1.165, 1.54) is 24.3 Å². The summed E-state index contributed by atoms with van der Waals surface area (Å²) in [6.07, 6.45) is -9.68. The lowest BCUT2D eigenvalue weighted by molar-refractivity contribution is -0.138. The molecule has 0 saturated heterocycles. The van der Waals surface area contributed by atoms with E-state index in [1.54, 1.807) is 0 Å². The molecule has 6 rings (SSSR count). The third-order valence-electron chi connectivity index (χ3n) is 9.33. The fourth-order valence-corrected chi connectivity index (χ4v) is 10.3. The summed E-state index contributed by atoms with van der Waals surface area (Å²) in [7, 11) is -7.35. The topological polar surface area (TPSA) is 156 Å². The van der Waals surface area contributed by atoms with E-state index in [2.05, 4.69) is 9.97 Å². The second-order valence-corrected chi connectivity index (χ2v) is 20.1. The molecule has 0 spiro atoms. The number of hydrogen-bond acceptors (Lipinski definition) is 10. The van der Waals surface area contributed by atoms with Crippen molar-refractivity contribution in [2.45, 2.75) is 28.2 Å². The van der Waals surface area contributed by atoms with Crippen LogP contribution in [0.5, 0.6) is 0 Å². The summed E-state index contributed by atoms with van der Waals surface area (Å²) in [5.41, 5.74) is -5.60. The lowest BCUT2D eigenvalue weighted by atomic mass is 10.0. The SMILES string of the molecule is COCN(c1cc(Cl)cnc1C(=O)c1c(F)cccc1Cl)S(=O)(=O)c1ccc(Cl)c(C(F)(F)F)c1.COCN(c1cc(Cl)cnc1C(O)c1c(F)cccc1Cl)S(=O)(=O)c1ccc(Cl)c(C(F)(F)F)c1. The molecule has 1 N–H and O–H groups in total. The Morgan fingerprint density at radius 3 is 1.53 bits per heavy atom. The van der Waals surface area contributed by atoms with Gasteiger partial charge < -0.3 is 14.6 Å². The van der Waals surface area contributed by atoms with Gasteiger partial charge in [-0.2, -0.15) is 26.3 Å². The molecule has 2 heterocycles. The van der Waals surface area contributed by atoms with Gasteiger partial charge in [0.25, 0.3) is 20.0 Å². The van der Waals surface area contributed by atoms with E-state index in [9.17, 15) is 61.9 Å². The second kappa shape index (κ2) is 22.4. The number of hydrogen-bond donors (Lipinski definition) is 1. The molecule has 0 aliphatic heterocycles. The van der Waals surface area contributed by atoms with Gasteiger partial charge in [0.05, 0.1) is 68.7 Å². The largest absolute Gasteiger partial charge is 0.417 e. The second-order valence-electron chi connectivity index (χ2n) is 13.9. The molecular formula is C42H28Cl6F8N4O8S2. The normalized spacial score (nSPS) is 12.5. The van der Waals surface area contributed by atoms with Crippen molar-refractivity contribution in [1.82, 2.24) is 9.97 Å². The van der Waals surface area contributed by atoms with Gasteiger partial charge in [-0.3, -0.25) is 9.78 Å². The van der Waals surface area contributed by atoms with Crippen molar-refractivity contribution < 1.29 is 71.3 Å². The van der Waals surface area contributed by atoms with E-state index < -0.39 is 129 Å². The summed E-state index contributed by atoms with van der Waals surface area (Å²) in [5.74, 6) is -3.00. The van der Waals surface area contributed by atoms with Crippen LogP contribution in [-0.4, -0.2) is 65.4 Å². The first-order chi connectivity index (χ1) is 32.6. The highest BCUT2D eigenvalue weighted by molar-refractivity contribution is 7.93. The first kappa shape index (κ1) is 56.3. The molecule has 4 aromatic carbocycles. The van der Waals surface area contributed by atoms with Crippen LogP contribution in [-0.2, 0) is 41.9 Å². The predicted octanol–water partition coefficient (Wildman–Crippen LogP) is 12.3. The number of sulfonamides is 2. The number of alkyl halides is 6. The van der Waals surface area contributed by atoms with E-state index in [-0.39, 0.29) is 25.8 Å². The maximum Gasteiger partial charge on any atom is 0.417 e. The maximum absolute atomic E-state index is 14.5. The standard InChI is InChI=1S/C21H15Cl3F4N2O4S.C21H13Cl3F4N2O4S/c2*1-34-10-30(35(32,33)12-5-6-14(23)13(8-12)21(26,27)28)17-7-11(22)9-29-19(17)20(31)18-15(24)3-2-4-16(18)25/h2-9,20,31H,10H2,1H3;2-9H,10H2,1H3. The fourth-order valence-electron chi connectivity index (χ4n) is 6.17. The fraction of sp³-hybridized carbons (Fsp3) is 0.167. The number of benzene rings is 4. The van der Waals surface area contributed by atoms with Crippen LogP contribution in [0.25, 0.3) is 0 Å². The van der Waals surface area contributed by atoms with Crippen LogP contribution in [0.2, 0.25) is 30.1 Å². The van der Waals surface area contributed by atoms with Crippen LogP contribution in [0, 0.1) is 11.6 Å². The molecule has 0 aliphatic carbocycles. The highest BCUT2D eigenvalue weighted by Crippen LogP contribution is 2.41. The first-order valence-corrected chi connectivity index (χ1v) is 23.9. The summed E-state index contributed by atoms with van der Waals surface area (Å²) in [6.45, 7) is -1.49. The third-order valence-corrected chi connectivity index (χ3v) is 14.5. The van der Waals surface area contributed by atoms with Crippen LogP contribution < -0.4 is 8.61 Å². The van der Waals surface area contributed by atoms with Crippen LogP contribution in [0.15, 0.2) is 107 Å². The number of halogens is 14. The number of aliphatic hydroxyl groups is 1. The number of ketones is 1. The van der Waals surface area contributed by atoms with E-state index >= 15 is 0 Å². The number of methoxy groups -OCH3 is 2. The molecule has 0 saturated carbocycles. The zero-order valence-corrected chi connectivity index (χ0v) is 41.1. The summed E-state index contributed by atoms with van der Waals surface area (Å²) < 4.78 is 174. The first-order valence-electron chi connectivity index (χ1n) is 18.8. The van der Waals surface area contributed by atoms with Gasteiger partial charge in [0, 0.05) is 37.2 Å². The van der Waals surface area contributed by atoms with Crippen molar-refractivity contribution >= 4 is 107 Å². The van der Waals surface area contributed by atoms with Gasteiger partial charge in [-0.1, -0.05) is 81.7 Å². The Balaban J connectivity index is 0.000000261. The van der Waals surface area contributed by atoms with Gasteiger partial charge in [0.1, 0.15) is 36.9 Å². The zero-order chi connectivity index (χ0) is 52.3. The molecule has 0 fully saturated rings. The number of carbonyl (C=O) groups excluding carboxylic acids is 1. The van der Waals surface area contributed by atoms with Crippen LogP contribution >= 0.6 is 69.6 Å². The number of nitrogens with zero attached hydrogens (tertiary/aromatic N) is 4. The summed E-state index contributed by atoms with van der Waals surface area (Å²) in [4.78, 5) is 19.4. The van der Waals surface area contributed by atoms with Gasteiger partial charge in [0.2, 0.25) is 5.78 Å². The Labute approximate surface area is 422 Å². The highest BCUT2D eigenvalue weighted by atomic mass is 35.5. The van der Waals surface area contributed by atoms with Crippen molar-refractivity contribution in [3.05, 3.63) is 173 Å². The lowest BCUT2D eigenvalue weighted by Crippen LogP contribution is -2.34. The van der Waals surface area contributed by atoms with E-state index in [0.717, 1.165) is 75.1 Å². The minimum Gasteiger partial charge on any atom is -0.382 e. The molecule has 6 aromatic rings. The van der Waals surface area contributed by atoms with Gasteiger partial charge in [-0.25, -0.2) is 39.2 Å². The molecule has 1 unspecified atom stereocenters. The molecule has 28 heteroatoms. The summed E-state index contributed by atoms with van der Waals surface area (Å²) >= 11 is 35.2. The predicted molar refractivity (Wildman–Crippen MR) is 245 cm³/mol. The molecule has 70 heavy (non-hydrogen) atoms. The average molecular weight is 1150 g/mol. The Hall–Kier alpha value is -4.59. The number of anilines is 2. The van der Waals surface area contributed by atoms with Crippen LogP contribution in [0.3, 0.4) is 0 Å². The number of pyridine rings is 2. The molecule has 12 nitrogen and oxygen atoms in total. The van der Waals surface area contributed by atoms with Crippen molar-refractivity contribution in [2.24, 2.45) is 0 Å². The molecular weight excluding hydrogens is 1120 g/mol. The van der Waals surface area contributed by atoms with E-state index in [1.807, 2.05) is 0 Å². The van der Waals surface area contributed by atoms with Crippen LogP contribution in [0.1, 0.15) is 44.5 Å². The number of aromatic nitrogens is 2. The molecule has 374 valence electrons. The Morgan fingerprint density at radius 1 is 0.629 bits per heavy atom. The highest BCUT2D eigenvalue weighted by Gasteiger charge is 2.39. The Morgan fingerprint density at radius 2 is 1.07 bits per heavy atom. The van der Waals surface area contributed by atoms with Crippen molar-refractivity contribution in [2.75, 3.05) is 36.3 Å². The van der Waals surface area contributed by atoms with Crippen molar-refractivity contribution in [3.8, 4) is 0 Å². The lowest BCUT2D eigenvalue weighted by Gasteiger charge is -2.27. The minimum absolute atomic E-state index is 0.0843. The molecule has 0 radical (unpaired) electrons. The number of carbonyl (C=O) groups is 1. The number of aliphatic hydroxyl groups excluding tert-OH is 1. The van der Waals surface area contributed by atoms with E-state index in [0.29, 0.717) is 20.7 Å². The van der Waals surface area contributed by atoms with Gasteiger partial charge in [0.15, 0.2) is 0 Å². The smallest absolute Gasteiger partial charge is 0.382 e. The molecule has 1 atom stereocenters. The zero-order valence-electron chi connectivity index (χ0n) is 34.9. The third kappa shape index (κ3) is 12.4. The average Bonchev–Trinajstić information content (AvgIpc) is 3.26. The minimum atomic E-state index is -4.95. The molecule has 0 aliphatic rings. The number of ether oxygens (including phenoxy) is 2. The Bertz CT molecular complexity index is 3140. The monoisotopic (exact) mass is 1140 g/mol. The van der Waals surface area contributed by atoms with Gasteiger partial charge >= 0.3 is 12.4 Å². The van der Waals surface area contributed by atoms with Gasteiger partial charge in [-0.15, -0.1) is 0 Å². The molecule has 0 amide bonds. The summed E-state index contributed by atoms with van der Waals surface area (Å²) in [5, 5.41) is 8.83. The quantitative estimate of drug-likeness (QED) is 0.0633. The Kier molecular flexibility index (Phi) is 18.1. The van der Waals surface area contributed by atoms with Gasteiger partial charge in [-0.05, 0) is 72.8 Å². The van der Waals surface area contributed by atoms with Crippen LogP contribution in [0.4, 0.5) is 46.5 Å². The molecule has 2 aromatic heterocycles. The molecule has 0 bridgehead atoms. The van der Waals surface area contributed by atoms with E-state index in [4.69, 9.17) is 79.1 Å².